The van der Waals surface area contributed by atoms with E-state index in [-0.39, 0.29) is 17.9 Å². The van der Waals surface area contributed by atoms with E-state index in [1.165, 1.54) is 0 Å². The number of hydrogen-bond acceptors (Lipinski definition) is 4. The van der Waals surface area contributed by atoms with Crippen LogP contribution in [0.3, 0.4) is 0 Å². The number of ether oxygens (including phenoxy) is 1. The van der Waals surface area contributed by atoms with Crippen LogP contribution in [0.15, 0.2) is 48.5 Å². The van der Waals surface area contributed by atoms with Crippen LogP contribution in [0.2, 0.25) is 0 Å². The molecule has 0 heterocycles. The molecule has 0 radical (unpaired) electrons. The summed E-state index contributed by atoms with van der Waals surface area (Å²) in [5, 5.41) is 5.75. The molecule has 0 saturated carbocycles. The number of benzene rings is 2. The highest BCUT2D eigenvalue weighted by atomic mass is 16.6. The maximum atomic E-state index is 14.1. The zero-order chi connectivity index (χ0) is 29.3. The number of rotatable bonds is 11. The van der Waals surface area contributed by atoms with Crippen LogP contribution in [0.4, 0.5) is 4.79 Å². The number of carbonyl (C=O) groups is 3. The number of aryl methyl sites for hydroxylation is 1. The first-order valence-electron chi connectivity index (χ1n) is 13.9. The van der Waals surface area contributed by atoms with Gasteiger partial charge in [-0.15, -0.1) is 0 Å². The van der Waals surface area contributed by atoms with Crippen molar-refractivity contribution in [2.24, 2.45) is 5.92 Å². The number of nitrogens with one attached hydrogen (secondary N) is 2. The van der Waals surface area contributed by atoms with Crippen molar-refractivity contribution in [2.75, 3.05) is 0 Å². The Kier molecular flexibility index (Phi) is 11.6. The van der Waals surface area contributed by atoms with Gasteiger partial charge in [-0.1, -0.05) is 62.4 Å². The van der Waals surface area contributed by atoms with Crippen molar-refractivity contribution in [1.82, 2.24) is 15.5 Å². The Morgan fingerprint density at radius 3 is 2.13 bits per heavy atom. The first-order valence-corrected chi connectivity index (χ1v) is 13.9. The second-order valence-corrected chi connectivity index (χ2v) is 11.8. The van der Waals surface area contributed by atoms with E-state index in [4.69, 9.17) is 4.74 Å². The van der Waals surface area contributed by atoms with Gasteiger partial charge in [0.05, 0.1) is 0 Å². The minimum atomic E-state index is -0.893. The maximum Gasteiger partial charge on any atom is 0.408 e. The second kappa shape index (κ2) is 14.2. The Labute approximate surface area is 234 Å². The molecule has 2 rings (SSSR count). The van der Waals surface area contributed by atoms with Gasteiger partial charge in [-0.05, 0) is 89.5 Å². The lowest BCUT2D eigenvalue weighted by molar-refractivity contribution is -0.145. The van der Waals surface area contributed by atoms with E-state index in [9.17, 15) is 14.4 Å². The number of nitrogens with zero attached hydrogens (tertiary/aromatic N) is 1. The lowest BCUT2D eigenvalue weighted by atomic mass is 9.93. The van der Waals surface area contributed by atoms with Gasteiger partial charge in [0.25, 0.3) is 0 Å². The van der Waals surface area contributed by atoms with Gasteiger partial charge in [-0.3, -0.25) is 9.59 Å². The molecular weight excluding hydrogens is 490 g/mol. The van der Waals surface area contributed by atoms with Gasteiger partial charge in [-0.2, -0.15) is 0 Å². The van der Waals surface area contributed by atoms with E-state index in [1.54, 1.807) is 32.6 Å². The third kappa shape index (κ3) is 9.72. The summed E-state index contributed by atoms with van der Waals surface area (Å²) >= 11 is 0. The van der Waals surface area contributed by atoms with Crippen LogP contribution in [0.25, 0.3) is 0 Å². The van der Waals surface area contributed by atoms with Crippen molar-refractivity contribution in [3.63, 3.8) is 0 Å². The van der Waals surface area contributed by atoms with E-state index < -0.39 is 23.8 Å². The average Bonchev–Trinajstić information content (AvgIpc) is 2.85. The molecule has 3 amide bonds. The molecule has 0 fully saturated rings. The molecule has 7 heteroatoms. The van der Waals surface area contributed by atoms with Crippen molar-refractivity contribution >= 4 is 17.9 Å². The van der Waals surface area contributed by atoms with E-state index in [2.05, 4.69) is 24.5 Å². The van der Waals surface area contributed by atoms with Gasteiger partial charge >= 0.3 is 6.09 Å². The van der Waals surface area contributed by atoms with Gasteiger partial charge in [0.15, 0.2) is 0 Å². The van der Waals surface area contributed by atoms with E-state index in [0.29, 0.717) is 12.5 Å². The second-order valence-electron chi connectivity index (χ2n) is 11.8. The largest absolute Gasteiger partial charge is 0.444 e. The quantitative estimate of drug-likeness (QED) is 0.356. The summed E-state index contributed by atoms with van der Waals surface area (Å²) in [6, 6.07) is 13.5. The van der Waals surface area contributed by atoms with Gasteiger partial charge in [0, 0.05) is 12.6 Å². The Morgan fingerprint density at radius 2 is 1.54 bits per heavy atom. The molecule has 7 nitrogen and oxygen atoms in total. The molecule has 3 atom stereocenters. The monoisotopic (exact) mass is 537 g/mol. The molecule has 0 spiro atoms. The zero-order valence-corrected chi connectivity index (χ0v) is 25.1. The molecule has 0 aliphatic heterocycles. The number of amides is 3. The predicted octanol–water partition coefficient (Wildman–Crippen LogP) is 6.23. The highest BCUT2D eigenvalue weighted by Crippen LogP contribution is 2.30. The molecule has 0 aliphatic carbocycles. The molecule has 2 aromatic rings. The molecule has 3 unspecified atom stereocenters. The van der Waals surface area contributed by atoms with Crippen LogP contribution < -0.4 is 10.6 Å². The SMILES string of the molecule is Cc1cccc(C(C(=O)NCc2ccccc2)N(C(=O)C(C)NC(=O)OC(C)(C)C)C(C)CCC(C)C)c1C. The van der Waals surface area contributed by atoms with E-state index in [0.717, 1.165) is 35.1 Å². The summed E-state index contributed by atoms with van der Waals surface area (Å²) < 4.78 is 5.39. The van der Waals surface area contributed by atoms with Crippen LogP contribution in [-0.4, -0.2) is 40.5 Å². The summed E-state index contributed by atoms with van der Waals surface area (Å²) in [5.41, 5.74) is 3.04. The van der Waals surface area contributed by atoms with Gasteiger partial charge < -0.3 is 20.3 Å². The summed E-state index contributed by atoms with van der Waals surface area (Å²) in [6.45, 7) is 17.5. The smallest absolute Gasteiger partial charge is 0.408 e. The molecule has 0 aromatic heterocycles. The Morgan fingerprint density at radius 1 is 0.897 bits per heavy atom. The lowest BCUT2D eigenvalue weighted by Gasteiger charge is -2.39. The van der Waals surface area contributed by atoms with Gasteiger partial charge in [0.2, 0.25) is 11.8 Å². The molecule has 0 aliphatic rings. The normalized spacial score (nSPS) is 13.8. The van der Waals surface area contributed by atoms with Crippen LogP contribution in [0, 0.1) is 19.8 Å². The van der Waals surface area contributed by atoms with Crippen LogP contribution in [0.5, 0.6) is 0 Å². The third-order valence-electron chi connectivity index (χ3n) is 6.77. The topological polar surface area (TPSA) is 87.7 Å². The highest BCUT2D eigenvalue weighted by Gasteiger charge is 2.38. The first-order chi connectivity index (χ1) is 18.2. The van der Waals surface area contributed by atoms with E-state index in [1.807, 2.05) is 69.3 Å². The van der Waals surface area contributed by atoms with Crippen molar-refractivity contribution in [2.45, 2.75) is 105 Å². The van der Waals surface area contributed by atoms with Gasteiger partial charge in [0.1, 0.15) is 17.7 Å². The number of hydrogen-bond donors (Lipinski definition) is 2. The van der Waals surface area contributed by atoms with Crippen LogP contribution in [0.1, 0.15) is 89.6 Å². The fourth-order valence-electron chi connectivity index (χ4n) is 4.45. The summed E-state index contributed by atoms with van der Waals surface area (Å²) in [7, 11) is 0. The molecule has 0 saturated heterocycles. The molecule has 0 bridgehead atoms. The number of carbonyl (C=O) groups excluding carboxylic acids is 3. The Bertz CT molecular complexity index is 1110. The molecule has 214 valence electrons. The standard InChI is InChI=1S/C32H47N3O4/c1-21(2)18-19-23(4)35(30(37)25(6)34-31(38)39-32(7,8)9)28(27-17-13-14-22(3)24(27)5)29(36)33-20-26-15-11-10-12-16-26/h10-17,21,23,25,28H,18-20H2,1-9H3,(H,33,36)(H,34,38). The predicted molar refractivity (Wildman–Crippen MR) is 156 cm³/mol. The molecule has 2 N–H and O–H groups in total. The molecule has 2 aromatic carbocycles. The Hall–Kier alpha value is -3.35. The average molecular weight is 538 g/mol. The van der Waals surface area contributed by atoms with Gasteiger partial charge in [-0.25, -0.2) is 4.79 Å². The van der Waals surface area contributed by atoms with Crippen LogP contribution >= 0.6 is 0 Å². The third-order valence-corrected chi connectivity index (χ3v) is 6.77. The maximum absolute atomic E-state index is 14.1. The van der Waals surface area contributed by atoms with Crippen molar-refractivity contribution in [1.29, 1.82) is 0 Å². The van der Waals surface area contributed by atoms with E-state index >= 15 is 0 Å². The molecular formula is C32H47N3O4. The summed E-state index contributed by atoms with van der Waals surface area (Å²) in [5.74, 6) is -0.160. The fraction of sp³-hybridized carbons (Fsp3) is 0.531. The number of alkyl carbamates (subject to hydrolysis) is 1. The first kappa shape index (κ1) is 31.9. The minimum Gasteiger partial charge on any atom is -0.444 e. The van der Waals surface area contributed by atoms with Crippen LogP contribution in [-0.2, 0) is 20.9 Å². The fourth-order valence-corrected chi connectivity index (χ4v) is 4.45. The minimum absolute atomic E-state index is 0.254. The zero-order valence-electron chi connectivity index (χ0n) is 25.1. The van der Waals surface area contributed by atoms with Crippen molar-refractivity contribution in [3.8, 4) is 0 Å². The summed E-state index contributed by atoms with van der Waals surface area (Å²) in [6.07, 6.45) is 0.940. The highest BCUT2D eigenvalue weighted by molar-refractivity contribution is 5.92. The lowest BCUT2D eigenvalue weighted by Crippen LogP contribution is -2.54. The Balaban J connectivity index is 2.51. The van der Waals surface area contributed by atoms with Crippen molar-refractivity contribution < 1.29 is 19.1 Å². The molecule has 39 heavy (non-hydrogen) atoms. The summed E-state index contributed by atoms with van der Waals surface area (Å²) in [4.78, 5) is 42.3. The van der Waals surface area contributed by atoms with Crippen molar-refractivity contribution in [3.05, 3.63) is 70.8 Å².